The molecule has 134 valence electrons. The van der Waals surface area contributed by atoms with Crippen molar-refractivity contribution in [1.82, 2.24) is 15.1 Å². The van der Waals surface area contributed by atoms with Crippen LogP contribution in [0, 0.1) is 6.92 Å². The molecule has 2 N–H and O–H groups in total. The number of amides is 1. The highest BCUT2D eigenvalue weighted by atomic mass is 32.2. The highest BCUT2D eigenvalue weighted by Crippen LogP contribution is 2.25. The SMILES string of the molecule is CNC(=O)c1cc(-c2ccc(C)cc2)n(-c2ccc(NS(=O)[O-])cc2)n1. The van der Waals surface area contributed by atoms with Crippen molar-refractivity contribution in [3.05, 3.63) is 65.9 Å². The molecule has 0 spiro atoms. The normalized spacial score (nSPS) is 11.8. The zero-order valence-electron chi connectivity index (χ0n) is 14.2. The molecule has 0 radical (unpaired) electrons. The van der Waals surface area contributed by atoms with Gasteiger partial charge in [-0.3, -0.25) is 9.00 Å². The van der Waals surface area contributed by atoms with Gasteiger partial charge < -0.3 is 14.6 Å². The summed E-state index contributed by atoms with van der Waals surface area (Å²) in [7, 11) is 1.55. The van der Waals surface area contributed by atoms with Crippen molar-refractivity contribution in [3.8, 4) is 16.9 Å². The Hall–Kier alpha value is -2.97. The Kier molecular flexibility index (Phi) is 5.15. The van der Waals surface area contributed by atoms with Gasteiger partial charge in [-0.2, -0.15) is 5.10 Å². The summed E-state index contributed by atoms with van der Waals surface area (Å²) < 4.78 is 25.4. The first-order chi connectivity index (χ1) is 12.5. The number of benzene rings is 2. The lowest BCUT2D eigenvalue weighted by atomic mass is 10.1. The molecule has 0 aliphatic carbocycles. The summed E-state index contributed by atoms with van der Waals surface area (Å²) in [6, 6.07) is 16.4. The van der Waals surface area contributed by atoms with Crippen molar-refractivity contribution < 1.29 is 13.6 Å². The van der Waals surface area contributed by atoms with Crippen molar-refractivity contribution in [3.63, 3.8) is 0 Å². The van der Waals surface area contributed by atoms with Crippen LogP contribution in [0.25, 0.3) is 16.9 Å². The van der Waals surface area contributed by atoms with E-state index in [2.05, 4.69) is 15.1 Å². The van der Waals surface area contributed by atoms with Crippen LogP contribution in [-0.4, -0.2) is 31.5 Å². The van der Waals surface area contributed by atoms with Gasteiger partial charge in [0, 0.05) is 29.6 Å². The van der Waals surface area contributed by atoms with E-state index in [0.29, 0.717) is 17.1 Å². The maximum absolute atomic E-state index is 12.0. The van der Waals surface area contributed by atoms with E-state index in [1.807, 2.05) is 31.2 Å². The van der Waals surface area contributed by atoms with Gasteiger partial charge in [0.05, 0.1) is 11.4 Å². The van der Waals surface area contributed by atoms with Gasteiger partial charge in [0.25, 0.3) is 5.91 Å². The summed E-state index contributed by atoms with van der Waals surface area (Å²) in [6.07, 6.45) is 0. The largest absolute Gasteiger partial charge is 0.755 e. The van der Waals surface area contributed by atoms with Gasteiger partial charge in [0.2, 0.25) is 0 Å². The number of nitrogens with one attached hydrogen (secondary N) is 2. The van der Waals surface area contributed by atoms with Crippen LogP contribution in [0.4, 0.5) is 5.69 Å². The van der Waals surface area contributed by atoms with E-state index < -0.39 is 11.3 Å². The molecular formula is C18H17N4O3S-. The summed E-state index contributed by atoms with van der Waals surface area (Å²) >= 11 is -2.38. The van der Waals surface area contributed by atoms with E-state index in [0.717, 1.165) is 16.8 Å². The van der Waals surface area contributed by atoms with E-state index in [4.69, 9.17) is 0 Å². The number of aryl methyl sites for hydroxylation is 1. The molecule has 1 aromatic heterocycles. The fourth-order valence-corrected chi connectivity index (χ4v) is 2.84. The average molecular weight is 369 g/mol. The standard InChI is InChI=1S/C18H18N4O3S/c1-12-3-5-13(6-4-12)17-11-16(18(23)19-2)20-22(17)15-9-7-14(8-10-15)21-26(24)25/h3-11,21H,1-2H3,(H,19,23)(H,24,25)/p-1. The first-order valence-corrected chi connectivity index (χ1v) is 8.91. The van der Waals surface area contributed by atoms with E-state index in [1.165, 1.54) is 0 Å². The Labute approximate surface area is 153 Å². The lowest BCUT2D eigenvalue weighted by Crippen LogP contribution is -2.18. The van der Waals surface area contributed by atoms with Gasteiger partial charge in [-0.05, 0) is 37.3 Å². The van der Waals surface area contributed by atoms with Gasteiger partial charge >= 0.3 is 0 Å². The predicted molar refractivity (Wildman–Crippen MR) is 99.7 cm³/mol. The van der Waals surface area contributed by atoms with Gasteiger partial charge in [-0.15, -0.1) is 0 Å². The molecule has 0 aliphatic heterocycles. The Morgan fingerprint density at radius 3 is 2.35 bits per heavy atom. The second-order valence-electron chi connectivity index (χ2n) is 5.66. The van der Waals surface area contributed by atoms with Crippen molar-refractivity contribution in [2.45, 2.75) is 6.92 Å². The second kappa shape index (κ2) is 7.51. The average Bonchev–Trinajstić information content (AvgIpc) is 3.07. The first kappa shape index (κ1) is 17.8. The number of hydrogen-bond donors (Lipinski definition) is 2. The molecule has 1 atom stereocenters. The molecule has 0 saturated heterocycles. The lowest BCUT2D eigenvalue weighted by molar-refractivity contribution is 0.0957. The highest BCUT2D eigenvalue weighted by Gasteiger charge is 2.15. The summed E-state index contributed by atoms with van der Waals surface area (Å²) in [5, 5.41) is 6.97. The molecule has 1 heterocycles. The van der Waals surface area contributed by atoms with Crippen LogP contribution in [0.15, 0.2) is 54.6 Å². The van der Waals surface area contributed by atoms with Crippen LogP contribution in [0.5, 0.6) is 0 Å². The molecule has 1 unspecified atom stereocenters. The first-order valence-electron chi connectivity index (χ1n) is 7.83. The molecule has 2 aromatic carbocycles. The predicted octanol–water partition coefficient (Wildman–Crippen LogP) is 2.41. The van der Waals surface area contributed by atoms with Crippen LogP contribution in [0.3, 0.4) is 0 Å². The van der Waals surface area contributed by atoms with Gasteiger partial charge in [-0.25, -0.2) is 4.68 Å². The zero-order valence-corrected chi connectivity index (χ0v) is 15.0. The zero-order chi connectivity index (χ0) is 18.7. The minimum Gasteiger partial charge on any atom is -0.755 e. The molecule has 3 aromatic rings. The molecule has 3 rings (SSSR count). The molecule has 1 amide bonds. The lowest BCUT2D eigenvalue weighted by Gasteiger charge is -2.11. The molecule has 0 aliphatic rings. The van der Waals surface area contributed by atoms with Crippen molar-refractivity contribution in [2.75, 3.05) is 11.8 Å². The summed E-state index contributed by atoms with van der Waals surface area (Å²) in [5.74, 6) is -0.280. The van der Waals surface area contributed by atoms with Crippen LogP contribution >= 0.6 is 0 Å². The second-order valence-corrected chi connectivity index (χ2v) is 6.33. The van der Waals surface area contributed by atoms with Gasteiger partial charge in [-0.1, -0.05) is 29.8 Å². The number of nitrogens with zero attached hydrogens (tertiary/aromatic N) is 2. The van der Waals surface area contributed by atoms with E-state index in [-0.39, 0.29) is 5.91 Å². The van der Waals surface area contributed by atoms with Crippen molar-refractivity contribution in [1.29, 1.82) is 0 Å². The Morgan fingerprint density at radius 2 is 1.77 bits per heavy atom. The third-order valence-corrected chi connectivity index (χ3v) is 4.23. The molecule has 7 nitrogen and oxygen atoms in total. The van der Waals surface area contributed by atoms with E-state index in [9.17, 15) is 13.6 Å². The maximum atomic E-state index is 12.0. The number of rotatable bonds is 5. The minimum absolute atomic E-state index is 0.280. The topological polar surface area (TPSA) is 99.1 Å². The van der Waals surface area contributed by atoms with Gasteiger partial charge in [0.1, 0.15) is 0 Å². The number of aromatic nitrogens is 2. The van der Waals surface area contributed by atoms with E-state index >= 15 is 0 Å². The Morgan fingerprint density at radius 1 is 1.12 bits per heavy atom. The monoisotopic (exact) mass is 369 g/mol. The number of anilines is 1. The molecule has 8 heteroatoms. The quantitative estimate of drug-likeness (QED) is 0.675. The minimum atomic E-state index is -2.38. The third-order valence-electron chi connectivity index (χ3n) is 3.83. The highest BCUT2D eigenvalue weighted by molar-refractivity contribution is 7.80. The summed E-state index contributed by atoms with van der Waals surface area (Å²) in [6.45, 7) is 2.00. The number of hydrogen-bond acceptors (Lipinski definition) is 4. The molecular weight excluding hydrogens is 352 g/mol. The van der Waals surface area contributed by atoms with Crippen LogP contribution in [0.1, 0.15) is 16.1 Å². The number of carbonyl (C=O) groups is 1. The van der Waals surface area contributed by atoms with Crippen LogP contribution in [-0.2, 0) is 11.3 Å². The van der Waals surface area contributed by atoms with Crippen LogP contribution < -0.4 is 10.0 Å². The molecule has 0 saturated carbocycles. The Bertz CT molecular complexity index is 950. The fourth-order valence-electron chi connectivity index (χ4n) is 2.51. The summed E-state index contributed by atoms with van der Waals surface area (Å²) in [4.78, 5) is 12.0. The Balaban J connectivity index is 2.07. The summed E-state index contributed by atoms with van der Waals surface area (Å²) in [5.41, 5.74) is 4.26. The fraction of sp³-hybridized carbons (Fsp3) is 0.111. The number of carbonyl (C=O) groups excluding carboxylic acids is 1. The van der Waals surface area contributed by atoms with E-state index in [1.54, 1.807) is 42.1 Å². The molecule has 26 heavy (non-hydrogen) atoms. The van der Waals surface area contributed by atoms with Crippen molar-refractivity contribution >= 4 is 22.9 Å². The maximum Gasteiger partial charge on any atom is 0.271 e. The van der Waals surface area contributed by atoms with Crippen LogP contribution in [0.2, 0.25) is 0 Å². The molecule has 0 fully saturated rings. The van der Waals surface area contributed by atoms with Crippen molar-refractivity contribution in [2.24, 2.45) is 0 Å². The van der Waals surface area contributed by atoms with Gasteiger partial charge in [0.15, 0.2) is 5.69 Å². The smallest absolute Gasteiger partial charge is 0.271 e. The molecule has 0 bridgehead atoms. The third kappa shape index (κ3) is 3.81.